The summed E-state index contributed by atoms with van der Waals surface area (Å²) in [4.78, 5) is 12.7. The van der Waals surface area contributed by atoms with Crippen molar-refractivity contribution in [2.75, 3.05) is 29.9 Å². The van der Waals surface area contributed by atoms with Gasteiger partial charge in [-0.2, -0.15) is 5.10 Å². The van der Waals surface area contributed by atoms with E-state index >= 15 is 0 Å². The van der Waals surface area contributed by atoms with E-state index in [9.17, 15) is 4.79 Å². The molecule has 1 aromatic rings. The summed E-state index contributed by atoms with van der Waals surface area (Å²) < 4.78 is 1.71. The van der Waals surface area contributed by atoms with E-state index in [2.05, 4.69) is 15.3 Å². The number of rotatable bonds is 4. The molecule has 0 atom stereocenters. The van der Waals surface area contributed by atoms with E-state index in [0.29, 0.717) is 0 Å². The third-order valence-corrected chi connectivity index (χ3v) is 2.64. The largest absolute Gasteiger partial charge is 0.480 e. The molecule has 0 amide bonds. The number of nitrogens with one attached hydrogen (secondary N) is 1. The van der Waals surface area contributed by atoms with Crippen LogP contribution in [0.5, 0.6) is 0 Å². The molecule has 0 saturated carbocycles. The minimum Gasteiger partial charge on any atom is -0.480 e. The van der Waals surface area contributed by atoms with Gasteiger partial charge in [-0.05, 0) is 12.8 Å². The number of hydrogen-bond acceptors (Lipinski definition) is 4. The molecule has 0 spiro atoms. The lowest BCUT2D eigenvalue weighted by Crippen LogP contribution is -2.21. The number of hydrogen-bond donors (Lipinski definition) is 2. The lowest BCUT2D eigenvalue weighted by molar-refractivity contribution is -0.134. The number of nitrogens with zero attached hydrogens (tertiary/aromatic N) is 3. The third-order valence-electron chi connectivity index (χ3n) is 2.64. The first-order valence-corrected chi connectivity index (χ1v) is 5.41. The van der Waals surface area contributed by atoms with Crippen molar-refractivity contribution in [1.29, 1.82) is 0 Å². The summed E-state index contributed by atoms with van der Waals surface area (Å²) in [6.07, 6.45) is 4.17. The van der Waals surface area contributed by atoms with E-state index in [0.717, 1.165) is 24.6 Å². The fourth-order valence-electron chi connectivity index (χ4n) is 1.93. The van der Waals surface area contributed by atoms with E-state index in [-0.39, 0.29) is 6.54 Å². The van der Waals surface area contributed by atoms with Crippen LogP contribution in [0, 0.1) is 0 Å². The lowest BCUT2D eigenvalue weighted by atomic mass is 10.4. The highest BCUT2D eigenvalue weighted by atomic mass is 16.4. The van der Waals surface area contributed by atoms with Gasteiger partial charge in [-0.1, -0.05) is 0 Å². The minimum atomic E-state index is -0.865. The van der Waals surface area contributed by atoms with Gasteiger partial charge in [0.05, 0.1) is 11.9 Å². The van der Waals surface area contributed by atoms with Crippen LogP contribution in [0.3, 0.4) is 0 Å². The van der Waals surface area contributed by atoms with Crippen LogP contribution in [0.1, 0.15) is 12.8 Å². The van der Waals surface area contributed by atoms with E-state index in [1.807, 2.05) is 13.2 Å². The lowest BCUT2D eigenvalue weighted by Gasteiger charge is -2.16. The van der Waals surface area contributed by atoms with Gasteiger partial charge >= 0.3 is 5.97 Å². The number of carbonyl (C=O) groups is 1. The topological polar surface area (TPSA) is 70.4 Å². The normalized spacial score (nSPS) is 15.4. The molecule has 88 valence electrons. The zero-order valence-electron chi connectivity index (χ0n) is 9.31. The van der Waals surface area contributed by atoms with Crippen molar-refractivity contribution < 1.29 is 9.90 Å². The Morgan fingerprint density at radius 1 is 1.56 bits per heavy atom. The molecule has 6 nitrogen and oxygen atoms in total. The zero-order chi connectivity index (χ0) is 11.5. The number of aryl methyl sites for hydroxylation is 1. The molecule has 0 radical (unpaired) electrons. The Morgan fingerprint density at radius 2 is 2.25 bits per heavy atom. The molecule has 16 heavy (non-hydrogen) atoms. The SMILES string of the molecule is Cn1cc(NCC(=O)O)c(N2CCCC2)n1. The van der Waals surface area contributed by atoms with Gasteiger partial charge in [0.15, 0.2) is 5.82 Å². The van der Waals surface area contributed by atoms with Gasteiger partial charge < -0.3 is 15.3 Å². The van der Waals surface area contributed by atoms with Crippen LogP contribution in [-0.2, 0) is 11.8 Å². The molecule has 1 aromatic heterocycles. The van der Waals surface area contributed by atoms with Crippen molar-refractivity contribution in [1.82, 2.24) is 9.78 Å². The van der Waals surface area contributed by atoms with Crippen LogP contribution in [0.2, 0.25) is 0 Å². The van der Waals surface area contributed by atoms with Crippen LogP contribution in [-0.4, -0.2) is 40.5 Å². The number of anilines is 2. The quantitative estimate of drug-likeness (QED) is 0.780. The molecule has 0 bridgehead atoms. The van der Waals surface area contributed by atoms with Gasteiger partial charge in [0, 0.05) is 20.1 Å². The Labute approximate surface area is 93.9 Å². The molecular formula is C10H16N4O2. The molecule has 1 aliphatic heterocycles. The summed E-state index contributed by atoms with van der Waals surface area (Å²) >= 11 is 0. The molecule has 2 heterocycles. The van der Waals surface area contributed by atoms with Crippen molar-refractivity contribution in [2.24, 2.45) is 7.05 Å². The average Bonchev–Trinajstić information content (AvgIpc) is 2.82. The Bertz CT molecular complexity index is 382. The number of carboxylic acid groups (broad SMARTS) is 1. The van der Waals surface area contributed by atoms with Crippen LogP contribution < -0.4 is 10.2 Å². The van der Waals surface area contributed by atoms with Gasteiger partial charge in [0.2, 0.25) is 0 Å². The van der Waals surface area contributed by atoms with Gasteiger partial charge in [-0.15, -0.1) is 0 Å². The molecule has 6 heteroatoms. The van der Waals surface area contributed by atoms with E-state index < -0.39 is 5.97 Å². The second-order valence-electron chi connectivity index (χ2n) is 3.98. The van der Waals surface area contributed by atoms with Crippen molar-refractivity contribution in [3.05, 3.63) is 6.20 Å². The Hall–Kier alpha value is -1.72. The molecule has 0 aliphatic carbocycles. The summed E-state index contributed by atoms with van der Waals surface area (Å²) in [5.41, 5.74) is 0.798. The second kappa shape index (κ2) is 4.42. The number of aliphatic carboxylic acids is 1. The molecule has 1 fully saturated rings. The van der Waals surface area contributed by atoms with Gasteiger partial charge in [0.25, 0.3) is 0 Å². The van der Waals surface area contributed by atoms with E-state index in [4.69, 9.17) is 5.11 Å². The van der Waals surface area contributed by atoms with Crippen molar-refractivity contribution >= 4 is 17.5 Å². The standard InChI is InChI=1S/C10H16N4O2/c1-13-7-8(11-6-9(15)16)10(12-13)14-4-2-3-5-14/h7,11H,2-6H2,1H3,(H,15,16). The van der Waals surface area contributed by atoms with Crippen LogP contribution in [0.25, 0.3) is 0 Å². The summed E-state index contributed by atoms with van der Waals surface area (Å²) in [6.45, 7) is 1.92. The maximum atomic E-state index is 10.5. The van der Waals surface area contributed by atoms with Crippen molar-refractivity contribution in [3.8, 4) is 0 Å². The molecular weight excluding hydrogens is 208 g/mol. The predicted octanol–water partition coefficient (Wildman–Crippen LogP) is 0.517. The molecule has 0 unspecified atom stereocenters. The smallest absolute Gasteiger partial charge is 0.322 e. The highest BCUT2D eigenvalue weighted by Crippen LogP contribution is 2.26. The summed E-state index contributed by atoms with van der Waals surface area (Å²) in [7, 11) is 1.84. The van der Waals surface area contributed by atoms with Crippen LogP contribution >= 0.6 is 0 Å². The minimum absolute atomic E-state index is 0.0769. The fraction of sp³-hybridized carbons (Fsp3) is 0.600. The number of aromatic nitrogens is 2. The second-order valence-corrected chi connectivity index (χ2v) is 3.98. The zero-order valence-corrected chi connectivity index (χ0v) is 9.31. The van der Waals surface area contributed by atoms with Crippen molar-refractivity contribution in [3.63, 3.8) is 0 Å². The van der Waals surface area contributed by atoms with E-state index in [1.165, 1.54) is 12.8 Å². The van der Waals surface area contributed by atoms with Gasteiger partial charge in [-0.25, -0.2) is 0 Å². The van der Waals surface area contributed by atoms with Crippen molar-refractivity contribution in [2.45, 2.75) is 12.8 Å². The summed E-state index contributed by atoms with van der Waals surface area (Å²) in [5, 5.41) is 15.9. The first kappa shape index (κ1) is 10.8. The van der Waals surface area contributed by atoms with Gasteiger partial charge in [-0.3, -0.25) is 9.48 Å². The summed E-state index contributed by atoms with van der Waals surface area (Å²) in [6, 6.07) is 0. The average molecular weight is 224 g/mol. The monoisotopic (exact) mass is 224 g/mol. The van der Waals surface area contributed by atoms with Crippen LogP contribution in [0.15, 0.2) is 6.20 Å². The summed E-state index contributed by atoms with van der Waals surface area (Å²) in [5.74, 6) is -0.00234. The molecule has 1 saturated heterocycles. The molecule has 2 rings (SSSR count). The maximum absolute atomic E-state index is 10.5. The molecule has 2 N–H and O–H groups in total. The highest BCUT2D eigenvalue weighted by Gasteiger charge is 2.19. The maximum Gasteiger partial charge on any atom is 0.322 e. The number of carboxylic acids is 1. The van der Waals surface area contributed by atoms with Gasteiger partial charge in [0.1, 0.15) is 6.54 Å². The molecule has 0 aromatic carbocycles. The Morgan fingerprint density at radius 3 is 2.88 bits per heavy atom. The van der Waals surface area contributed by atoms with Crippen LogP contribution in [0.4, 0.5) is 11.5 Å². The molecule has 1 aliphatic rings. The first-order chi connectivity index (χ1) is 7.66. The Balaban J connectivity index is 2.12. The Kier molecular flexibility index (Phi) is 2.98. The van der Waals surface area contributed by atoms with E-state index in [1.54, 1.807) is 4.68 Å². The fourth-order valence-corrected chi connectivity index (χ4v) is 1.93. The third kappa shape index (κ3) is 2.26. The highest BCUT2D eigenvalue weighted by molar-refractivity contribution is 5.75. The predicted molar refractivity (Wildman–Crippen MR) is 60.8 cm³/mol. The first-order valence-electron chi connectivity index (χ1n) is 5.41.